The number of aliphatic hydroxyl groups is 1. The van der Waals surface area contributed by atoms with Gasteiger partial charge in [-0.2, -0.15) is 0 Å². The lowest BCUT2D eigenvalue weighted by Crippen LogP contribution is -2.35. The Hall–Kier alpha value is -1.32. The molecule has 0 aliphatic heterocycles. The molecule has 4 nitrogen and oxygen atoms in total. The molecule has 0 unspecified atom stereocenters. The Kier molecular flexibility index (Phi) is 7.91. The number of anilines is 1. The highest BCUT2D eigenvalue weighted by Crippen LogP contribution is 2.60. The fourth-order valence-electron chi connectivity index (χ4n) is 4.49. The highest BCUT2D eigenvalue weighted by atomic mass is 35.5. The SMILES string of the molecule is CC(C)[C@@H]1CC[C@H](C)C[C@H]1O[P@](=O)(c1ccc(N(C)C)cc1)[C@H](O)c1ccc(Cl)cc1. The Morgan fingerprint density at radius 1 is 1.06 bits per heavy atom. The van der Waals surface area contributed by atoms with Gasteiger partial charge in [0.05, 0.1) is 6.10 Å². The smallest absolute Gasteiger partial charge is 0.264 e. The van der Waals surface area contributed by atoms with Crippen molar-refractivity contribution in [3.05, 3.63) is 59.1 Å². The first-order chi connectivity index (χ1) is 14.6. The summed E-state index contributed by atoms with van der Waals surface area (Å²) in [5, 5.41) is 12.5. The van der Waals surface area contributed by atoms with E-state index < -0.39 is 13.2 Å². The van der Waals surface area contributed by atoms with E-state index in [0.717, 1.165) is 24.9 Å². The molecular formula is C25H35ClNO3P. The van der Waals surface area contributed by atoms with Gasteiger partial charge in [-0.3, -0.25) is 4.57 Å². The van der Waals surface area contributed by atoms with Crippen LogP contribution >= 0.6 is 19.0 Å². The normalized spacial score (nSPS) is 24.6. The second kappa shape index (κ2) is 10.1. The molecule has 6 heteroatoms. The fraction of sp³-hybridized carbons (Fsp3) is 0.520. The third kappa shape index (κ3) is 5.54. The van der Waals surface area contributed by atoms with E-state index in [1.54, 1.807) is 24.3 Å². The zero-order valence-corrected chi connectivity index (χ0v) is 20.8. The molecule has 5 atom stereocenters. The van der Waals surface area contributed by atoms with E-state index in [1.165, 1.54) is 0 Å². The average molecular weight is 464 g/mol. The lowest BCUT2D eigenvalue weighted by atomic mass is 9.75. The number of benzene rings is 2. The summed E-state index contributed by atoms with van der Waals surface area (Å²) in [6, 6.07) is 14.4. The summed E-state index contributed by atoms with van der Waals surface area (Å²) >= 11 is 6.03. The number of hydrogen-bond acceptors (Lipinski definition) is 4. The van der Waals surface area contributed by atoms with Crippen LogP contribution < -0.4 is 10.2 Å². The van der Waals surface area contributed by atoms with Gasteiger partial charge in [0.2, 0.25) is 0 Å². The molecule has 0 radical (unpaired) electrons. The summed E-state index contributed by atoms with van der Waals surface area (Å²) in [6.07, 6.45) is 2.92. The summed E-state index contributed by atoms with van der Waals surface area (Å²) in [6.45, 7) is 6.62. The molecule has 170 valence electrons. The molecule has 0 bridgehead atoms. The van der Waals surface area contributed by atoms with Gasteiger partial charge < -0.3 is 14.5 Å². The number of nitrogens with zero attached hydrogens (tertiary/aromatic N) is 1. The average Bonchev–Trinajstić information content (AvgIpc) is 2.73. The molecule has 1 saturated carbocycles. The topological polar surface area (TPSA) is 49.8 Å². The van der Waals surface area contributed by atoms with E-state index in [2.05, 4.69) is 20.8 Å². The maximum absolute atomic E-state index is 14.5. The van der Waals surface area contributed by atoms with E-state index in [1.807, 2.05) is 43.3 Å². The zero-order valence-electron chi connectivity index (χ0n) is 19.2. The van der Waals surface area contributed by atoms with Gasteiger partial charge in [-0.1, -0.05) is 50.9 Å². The Bertz CT molecular complexity index is 898. The predicted octanol–water partition coefficient (Wildman–Crippen LogP) is 6.48. The van der Waals surface area contributed by atoms with E-state index >= 15 is 0 Å². The maximum Gasteiger partial charge on any atom is 0.264 e. The van der Waals surface area contributed by atoms with E-state index in [0.29, 0.717) is 33.6 Å². The van der Waals surface area contributed by atoms with Crippen LogP contribution in [0.5, 0.6) is 0 Å². The van der Waals surface area contributed by atoms with Gasteiger partial charge in [-0.25, -0.2) is 0 Å². The molecular weight excluding hydrogens is 429 g/mol. The van der Waals surface area contributed by atoms with E-state index in [4.69, 9.17) is 16.1 Å². The Balaban J connectivity index is 2.02. The van der Waals surface area contributed by atoms with Crippen molar-refractivity contribution in [2.45, 2.75) is 52.0 Å². The quantitative estimate of drug-likeness (QED) is 0.477. The minimum Gasteiger partial charge on any atom is -0.378 e. The van der Waals surface area contributed by atoms with Crippen molar-refractivity contribution in [3.8, 4) is 0 Å². The number of hydrogen-bond donors (Lipinski definition) is 1. The highest BCUT2D eigenvalue weighted by Gasteiger charge is 2.42. The number of aliphatic hydroxyl groups excluding tert-OH is 1. The van der Waals surface area contributed by atoms with E-state index in [-0.39, 0.29) is 6.10 Å². The molecule has 3 rings (SSSR count). The van der Waals surface area contributed by atoms with Crippen LogP contribution in [-0.4, -0.2) is 25.3 Å². The van der Waals surface area contributed by atoms with Crippen LogP contribution in [0, 0.1) is 17.8 Å². The largest absolute Gasteiger partial charge is 0.378 e. The van der Waals surface area contributed by atoms with Crippen LogP contribution in [0.4, 0.5) is 5.69 Å². The lowest BCUT2D eigenvalue weighted by Gasteiger charge is -2.40. The van der Waals surface area contributed by atoms with Gasteiger partial charge in [0.15, 0.2) is 5.85 Å². The summed E-state index contributed by atoms with van der Waals surface area (Å²) < 4.78 is 21.0. The van der Waals surface area contributed by atoms with Gasteiger partial charge in [0.25, 0.3) is 7.37 Å². The molecule has 0 aromatic heterocycles. The number of rotatable bonds is 7. The van der Waals surface area contributed by atoms with Gasteiger partial charge in [-0.15, -0.1) is 0 Å². The van der Waals surface area contributed by atoms with Crippen LogP contribution in [0.3, 0.4) is 0 Å². The zero-order chi connectivity index (χ0) is 22.8. The first kappa shape index (κ1) is 24.3. The van der Waals surface area contributed by atoms with Crippen molar-refractivity contribution in [2.24, 2.45) is 17.8 Å². The third-order valence-corrected chi connectivity index (χ3v) is 9.27. The first-order valence-corrected chi connectivity index (χ1v) is 13.2. The summed E-state index contributed by atoms with van der Waals surface area (Å²) in [7, 11) is 0.297. The van der Waals surface area contributed by atoms with Crippen LogP contribution in [0.2, 0.25) is 5.02 Å². The molecule has 1 aliphatic carbocycles. The van der Waals surface area contributed by atoms with Crippen LogP contribution in [-0.2, 0) is 9.09 Å². The van der Waals surface area contributed by atoms with Crippen LogP contribution in [0.25, 0.3) is 0 Å². The first-order valence-electron chi connectivity index (χ1n) is 11.1. The molecule has 1 aliphatic rings. The van der Waals surface area contributed by atoms with Crippen molar-refractivity contribution < 1.29 is 14.2 Å². The standard InChI is InChI=1S/C25H35ClNO3P/c1-17(2)23-15-6-18(3)16-24(23)30-31(29,22-13-11-21(12-14-22)27(4)5)25(28)19-7-9-20(26)10-8-19/h7-14,17-18,23-25,28H,6,15-16H2,1-5H3/t18-,23-,24+,25-,31+/m0/s1. The Labute approximate surface area is 192 Å². The number of halogens is 1. The fourth-order valence-corrected chi connectivity index (χ4v) is 6.91. The molecule has 2 aromatic carbocycles. The third-order valence-electron chi connectivity index (χ3n) is 6.47. The molecule has 0 saturated heterocycles. The molecule has 0 spiro atoms. The molecule has 1 fully saturated rings. The molecule has 2 aromatic rings. The van der Waals surface area contributed by atoms with Crippen molar-refractivity contribution in [1.82, 2.24) is 0 Å². The Morgan fingerprint density at radius 2 is 1.68 bits per heavy atom. The monoisotopic (exact) mass is 463 g/mol. The summed E-state index contributed by atoms with van der Waals surface area (Å²) in [5.74, 6) is 0.00925. The maximum atomic E-state index is 14.5. The minimum absolute atomic E-state index is 0.148. The Morgan fingerprint density at radius 3 is 2.23 bits per heavy atom. The van der Waals surface area contributed by atoms with Crippen LogP contribution in [0.1, 0.15) is 51.4 Å². The van der Waals surface area contributed by atoms with Gasteiger partial charge in [0.1, 0.15) is 0 Å². The molecule has 1 N–H and O–H groups in total. The van der Waals surface area contributed by atoms with Gasteiger partial charge in [-0.05, 0) is 72.6 Å². The highest BCUT2D eigenvalue weighted by molar-refractivity contribution is 7.67. The predicted molar refractivity (Wildman–Crippen MR) is 131 cm³/mol. The minimum atomic E-state index is -3.63. The van der Waals surface area contributed by atoms with E-state index in [9.17, 15) is 9.67 Å². The van der Waals surface area contributed by atoms with Crippen molar-refractivity contribution in [1.29, 1.82) is 0 Å². The lowest BCUT2D eigenvalue weighted by molar-refractivity contribution is 0.0427. The van der Waals surface area contributed by atoms with Crippen molar-refractivity contribution in [2.75, 3.05) is 19.0 Å². The van der Waals surface area contributed by atoms with Crippen LogP contribution in [0.15, 0.2) is 48.5 Å². The van der Waals surface area contributed by atoms with Gasteiger partial charge in [0, 0.05) is 30.1 Å². The van der Waals surface area contributed by atoms with Crippen molar-refractivity contribution in [3.63, 3.8) is 0 Å². The van der Waals surface area contributed by atoms with Gasteiger partial charge >= 0.3 is 0 Å². The molecule has 31 heavy (non-hydrogen) atoms. The molecule has 0 heterocycles. The van der Waals surface area contributed by atoms with Crippen molar-refractivity contribution >= 4 is 30.0 Å². The second-order valence-corrected chi connectivity index (χ2v) is 12.2. The summed E-state index contributed by atoms with van der Waals surface area (Å²) in [5.41, 5.74) is 1.55. The molecule has 0 amide bonds. The summed E-state index contributed by atoms with van der Waals surface area (Å²) in [4.78, 5) is 1.99. The second-order valence-electron chi connectivity index (χ2n) is 9.40.